The number of anilines is 1. The molecule has 0 fully saturated rings. The van der Waals surface area contributed by atoms with Crippen LogP contribution in [0.4, 0.5) is 5.69 Å². The predicted molar refractivity (Wildman–Crippen MR) is 112 cm³/mol. The minimum absolute atomic E-state index is 0.0667. The average molecular weight is 419 g/mol. The molecule has 0 saturated carbocycles. The van der Waals surface area contributed by atoms with Gasteiger partial charge in [-0.15, -0.1) is 11.3 Å². The predicted octanol–water partition coefficient (Wildman–Crippen LogP) is 4.72. The lowest BCUT2D eigenvalue weighted by Crippen LogP contribution is -2.14. The lowest BCUT2D eigenvalue weighted by Gasteiger charge is -2.14. The number of benzene rings is 2. The molecule has 0 saturated heterocycles. The SMILES string of the molecule is CCOc1ccc(S(=O)(=O)Nc2ccc(-c3csc(C)n3)cc2)c(OCC)c1. The number of nitrogens with one attached hydrogen (secondary N) is 1. The van der Waals surface area contributed by atoms with E-state index in [0.717, 1.165) is 16.3 Å². The van der Waals surface area contributed by atoms with Gasteiger partial charge in [-0.3, -0.25) is 4.72 Å². The highest BCUT2D eigenvalue weighted by atomic mass is 32.2. The summed E-state index contributed by atoms with van der Waals surface area (Å²) in [4.78, 5) is 4.51. The molecule has 0 bridgehead atoms. The zero-order chi connectivity index (χ0) is 20.1. The van der Waals surface area contributed by atoms with Crippen LogP contribution in [0, 0.1) is 6.92 Å². The molecule has 2 aromatic carbocycles. The van der Waals surface area contributed by atoms with Gasteiger partial charge >= 0.3 is 0 Å². The van der Waals surface area contributed by atoms with Gasteiger partial charge in [0.25, 0.3) is 10.0 Å². The van der Waals surface area contributed by atoms with E-state index in [4.69, 9.17) is 9.47 Å². The van der Waals surface area contributed by atoms with Crippen LogP contribution in [0.15, 0.2) is 52.7 Å². The van der Waals surface area contributed by atoms with Gasteiger partial charge in [0.1, 0.15) is 16.4 Å². The van der Waals surface area contributed by atoms with Gasteiger partial charge in [-0.05, 0) is 45.0 Å². The first-order valence-corrected chi connectivity index (χ1v) is 11.2. The van der Waals surface area contributed by atoms with Crippen molar-refractivity contribution in [3.05, 3.63) is 52.9 Å². The summed E-state index contributed by atoms with van der Waals surface area (Å²) in [5, 5.41) is 2.96. The molecular weight excluding hydrogens is 396 g/mol. The van der Waals surface area contributed by atoms with Crippen LogP contribution in [0.3, 0.4) is 0 Å². The van der Waals surface area contributed by atoms with Crippen molar-refractivity contribution < 1.29 is 17.9 Å². The van der Waals surface area contributed by atoms with Crippen molar-refractivity contribution in [2.45, 2.75) is 25.7 Å². The van der Waals surface area contributed by atoms with E-state index in [2.05, 4.69) is 9.71 Å². The Balaban J connectivity index is 1.85. The van der Waals surface area contributed by atoms with Gasteiger partial charge in [0.2, 0.25) is 0 Å². The molecule has 8 heteroatoms. The Bertz CT molecular complexity index is 1040. The number of rotatable bonds is 8. The number of hydrogen-bond acceptors (Lipinski definition) is 6. The summed E-state index contributed by atoms with van der Waals surface area (Å²) < 4.78 is 39.3. The maximum atomic E-state index is 12.9. The molecule has 0 radical (unpaired) electrons. The molecule has 0 spiro atoms. The first-order valence-electron chi connectivity index (χ1n) is 8.88. The van der Waals surface area contributed by atoms with Gasteiger partial charge in [-0.25, -0.2) is 13.4 Å². The summed E-state index contributed by atoms with van der Waals surface area (Å²) in [5.74, 6) is 0.823. The second-order valence-electron chi connectivity index (χ2n) is 5.91. The lowest BCUT2D eigenvalue weighted by atomic mass is 10.1. The summed E-state index contributed by atoms with van der Waals surface area (Å²) in [6.07, 6.45) is 0. The van der Waals surface area contributed by atoms with Crippen molar-refractivity contribution in [1.29, 1.82) is 0 Å². The number of nitrogens with zero attached hydrogens (tertiary/aromatic N) is 1. The molecule has 3 rings (SSSR count). The molecule has 3 aromatic rings. The van der Waals surface area contributed by atoms with Gasteiger partial charge in [0.05, 0.1) is 23.9 Å². The van der Waals surface area contributed by atoms with Crippen molar-refractivity contribution in [3.8, 4) is 22.8 Å². The maximum absolute atomic E-state index is 12.9. The molecular formula is C20H22N2O4S2. The second kappa shape index (κ2) is 8.62. The number of sulfonamides is 1. The smallest absolute Gasteiger partial charge is 0.265 e. The average Bonchev–Trinajstić information content (AvgIpc) is 3.09. The Labute approximate surface area is 169 Å². The largest absolute Gasteiger partial charge is 0.494 e. The third kappa shape index (κ3) is 4.63. The summed E-state index contributed by atoms with van der Waals surface area (Å²) >= 11 is 1.57. The third-order valence-corrected chi connectivity index (χ3v) is 6.06. The highest BCUT2D eigenvalue weighted by molar-refractivity contribution is 7.92. The summed E-state index contributed by atoms with van der Waals surface area (Å²) in [7, 11) is -3.82. The Kier molecular flexibility index (Phi) is 6.21. The van der Waals surface area contributed by atoms with Crippen molar-refractivity contribution in [2.24, 2.45) is 0 Å². The van der Waals surface area contributed by atoms with Gasteiger partial charge in [0, 0.05) is 22.7 Å². The standard InChI is InChI=1S/C20H22N2O4S2/c1-4-25-17-10-11-20(19(12-17)26-5-2)28(23,24)22-16-8-6-15(7-9-16)18-13-27-14(3)21-18/h6-13,22H,4-5H2,1-3H3. The van der Waals surface area contributed by atoms with E-state index in [9.17, 15) is 8.42 Å². The van der Waals surface area contributed by atoms with Gasteiger partial charge in [0.15, 0.2) is 0 Å². The second-order valence-corrected chi connectivity index (χ2v) is 8.62. The van der Waals surface area contributed by atoms with Crippen LogP contribution in [0.25, 0.3) is 11.3 Å². The van der Waals surface area contributed by atoms with E-state index >= 15 is 0 Å². The van der Waals surface area contributed by atoms with Crippen LogP contribution in [-0.4, -0.2) is 26.6 Å². The van der Waals surface area contributed by atoms with E-state index in [1.54, 1.807) is 42.5 Å². The number of ether oxygens (including phenoxy) is 2. The van der Waals surface area contributed by atoms with E-state index in [1.807, 2.05) is 31.4 Å². The molecule has 148 valence electrons. The van der Waals surface area contributed by atoms with Crippen LogP contribution in [-0.2, 0) is 10.0 Å². The van der Waals surface area contributed by atoms with Gasteiger partial charge in [-0.1, -0.05) is 12.1 Å². The Morgan fingerprint density at radius 2 is 1.75 bits per heavy atom. The van der Waals surface area contributed by atoms with Crippen molar-refractivity contribution in [2.75, 3.05) is 17.9 Å². The first kappa shape index (κ1) is 20.2. The maximum Gasteiger partial charge on any atom is 0.265 e. The molecule has 0 atom stereocenters. The summed E-state index contributed by atoms with van der Waals surface area (Å²) in [6, 6.07) is 11.8. The third-order valence-electron chi connectivity index (χ3n) is 3.87. The molecule has 0 aliphatic heterocycles. The molecule has 1 N–H and O–H groups in total. The van der Waals surface area contributed by atoms with E-state index in [-0.39, 0.29) is 10.6 Å². The van der Waals surface area contributed by atoms with E-state index < -0.39 is 10.0 Å². The zero-order valence-corrected chi connectivity index (χ0v) is 17.6. The molecule has 1 aromatic heterocycles. The molecule has 0 aliphatic rings. The van der Waals surface area contributed by atoms with Crippen molar-refractivity contribution in [3.63, 3.8) is 0 Å². The number of thiazole rings is 1. The Morgan fingerprint density at radius 3 is 2.36 bits per heavy atom. The fraction of sp³-hybridized carbons (Fsp3) is 0.250. The minimum atomic E-state index is -3.82. The van der Waals surface area contributed by atoms with Crippen LogP contribution < -0.4 is 14.2 Å². The summed E-state index contributed by atoms with van der Waals surface area (Å²) in [5.41, 5.74) is 2.28. The molecule has 0 amide bonds. The fourth-order valence-corrected chi connectivity index (χ4v) is 4.46. The minimum Gasteiger partial charge on any atom is -0.494 e. The van der Waals surface area contributed by atoms with E-state index in [0.29, 0.717) is 24.7 Å². The van der Waals surface area contributed by atoms with Gasteiger partial charge < -0.3 is 9.47 Å². The summed E-state index contributed by atoms with van der Waals surface area (Å²) in [6.45, 7) is 6.45. The fourth-order valence-electron chi connectivity index (χ4n) is 2.65. The lowest BCUT2D eigenvalue weighted by molar-refractivity contribution is 0.317. The normalized spacial score (nSPS) is 11.2. The van der Waals surface area contributed by atoms with Crippen LogP contribution in [0.5, 0.6) is 11.5 Å². The van der Waals surface area contributed by atoms with Crippen LogP contribution in [0.1, 0.15) is 18.9 Å². The first-order chi connectivity index (χ1) is 13.4. The molecule has 28 heavy (non-hydrogen) atoms. The monoisotopic (exact) mass is 418 g/mol. The van der Waals surface area contributed by atoms with E-state index in [1.165, 1.54) is 6.07 Å². The topological polar surface area (TPSA) is 77.5 Å². The number of aromatic nitrogens is 1. The molecule has 0 unspecified atom stereocenters. The number of hydrogen-bond donors (Lipinski definition) is 1. The zero-order valence-electron chi connectivity index (χ0n) is 15.9. The molecule has 6 nitrogen and oxygen atoms in total. The highest BCUT2D eigenvalue weighted by Crippen LogP contribution is 2.31. The van der Waals surface area contributed by atoms with Crippen molar-refractivity contribution >= 4 is 27.0 Å². The molecule has 0 aliphatic carbocycles. The van der Waals surface area contributed by atoms with Gasteiger partial charge in [-0.2, -0.15) is 0 Å². The number of aryl methyl sites for hydroxylation is 1. The highest BCUT2D eigenvalue weighted by Gasteiger charge is 2.21. The Morgan fingerprint density at radius 1 is 1.04 bits per heavy atom. The van der Waals surface area contributed by atoms with Crippen LogP contribution in [0.2, 0.25) is 0 Å². The quantitative estimate of drug-likeness (QED) is 0.573. The van der Waals surface area contributed by atoms with Crippen molar-refractivity contribution in [1.82, 2.24) is 4.98 Å². The van der Waals surface area contributed by atoms with Crippen LogP contribution >= 0.6 is 11.3 Å². The molecule has 1 heterocycles. The Hall–Kier alpha value is -2.58.